The van der Waals surface area contributed by atoms with Crippen LogP contribution in [0.1, 0.15) is 73.1 Å². The Labute approximate surface area is 257 Å². The summed E-state index contributed by atoms with van der Waals surface area (Å²) in [5.74, 6) is -2.22. The van der Waals surface area contributed by atoms with Crippen molar-refractivity contribution in [3.05, 3.63) is 24.2 Å². The molecule has 14 heteroatoms. The highest BCUT2D eigenvalue weighted by Gasteiger charge is 2.61. The number of nitriles is 1. The maximum absolute atomic E-state index is 12.9. The van der Waals surface area contributed by atoms with Crippen molar-refractivity contribution in [3.63, 3.8) is 0 Å². The van der Waals surface area contributed by atoms with Crippen molar-refractivity contribution < 1.29 is 38.1 Å². The Bertz CT molecular complexity index is 1340. The average Bonchev–Trinajstić information content (AvgIpc) is 3.55. The molecular formula is C30H44N6O8. The van der Waals surface area contributed by atoms with E-state index in [0.717, 1.165) is 12.8 Å². The van der Waals surface area contributed by atoms with Crippen LogP contribution >= 0.6 is 0 Å². The van der Waals surface area contributed by atoms with Gasteiger partial charge in [-0.3, -0.25) is 19.7 Å². The number of carbonyl (C=O) groups is 3. The van der Waals surface area contributed by atoms with Crippen LogP contribution in [0, 0.1) is 29.1 Å². The second kappa shape index (κ2) is 15.3. The summed E-state index contributed by atoms with van der Waals surface area (Å²) in [6.45, 7) is 12.1. The van der Waals surface area contributed by atoms with Crippen LogP contribution in [0.3, 0.4) is 0 Å². The molecular weight excluding hydrogens is 572 g/mol. The molecule has 0 aliphatic carbocycles. The van der Waals surface area contributed by atoms with Gasteiger partial charge in [-0.1, -0.05) is 54.4 Å². The van der Waals surface area contributed by atoms with Crippen molar-refractivity contribution in [2.24, 2.45) is 17.8 Å². The number of anilines is 1. The van der Waals surface area contributed by atoms with E-state index in [0.29, 0.717) is 17.8 Å². The average molecular weight is 617 g/mol. The van der Waals surface area contributed by atoms with Crippen LogP contribution in [0.5, 0.6) is 0 Å². The predicted molar refractivity (Wildman–Crippen MR) is 157 cm³/mol. The molecule has 3 heterocycles. The van der Waals surface area contributed by atoms with Crippen LogP contribution in [0.2, 0.25) is 0 Å². The molecule has 2 aromatic rings. The fraction of sp³-hybridized carbons (Fsp3) is 0.667. The van der Waals surface area contributed by atoms with Crippen molar-refractivity contribution in [2.45, 2.75) is 91.3 Å². The number of nitrogen functional groups attached to an aromatic ring is 1. The summed E-state index contributed by atoms with van der Waals surface area (Å²) in [7, 11) is 0. The second-order valence-electron chi connectivity index (χ2n) is 11.5. The molecule has 1 saturated heterocycles. The highest BCUT2D eigenvalue weighted by atomic mass is 16.7. The number of fused-ring (bicyclic) bond motifs is 1. The Kier molecular flexibility index (Phi) is 12.0. The Morgan fingerprint density at radius 2 is 1.75 bits per heavy atom. The topological polar surface area (TPSA) is 189 Å². The Balaban J connectivity index is 1.89. The number of carbonyl (C=O) groups excluding carboxylic acids is 3. The van der Waals surface area contributed by atoms with Crippen LogP contribution in [0.25, 0.3) is 5.52 Å². The molecule has 0 aromatic carbocycles. The van der Waals surface area contributed by atoms with Gasteiger partial charge in [-0.15, -0.1) is 0 Å². The van der Waals surface area contributed by atoms with Crippen molar-refractivity contribution in [1.29, 1.82) is 5.26 Å². The lowest BCUT2D eigenvalue weighted by Crippen LogP contribution is -2.50. The third kappa shape index (κ3) is 7.82. The lowest BCUT2D eigenvalue weighted by Gasteiger charge is -2.29. The largest absolute Gasteiger partial charge is 0.464 e. The summed E-state index contributed by atoms with van der Waals surface area (Å²) in [6, 6.07) is 4.75. The van der Waals surface area contributed by atoms with E-state index in [4.69, 9.17) is 29.4 Å². The van der Waals surface area contributed by atoms with Crippen LogP contribution in [-0.2, 0) is 38.1 Å². The molecule has 0 saturated carbocycles. The van der Waals surface area contributed by atoms with Gasteiger partial charge in [-0.25, -0.2) is 9.50 Å². The summed E-state index contributed by atoms with van der Waals surface area (Å²) in [4.78, 5) is 42.2. The Hall–Kier alpha value is -3.80. The lowest BCUT2D eigenvalue weighted by molar-refractivity contribution is -0.175. The SMILES string of the molecule is CCC(CC)COC(=O)[C@H](C)NCOC[C@@]1(C#N)O[C@@H](c2ccc3c(N)ncnn23)[C@H](OC(=O)C(C)C)[C@@H]1OC(=O)C(C)C. The van der Waals surface area contributed by atoms with E-state index < -0.39 is 66.3 Å². The number of hydrogen-bond acceptors (Lipinski definition) is 13. The van der Waals surface area contributed by atoms with E-state index >= 15 is 0 Å². The standard InChI is InChI=1S/C30H44N6O8/c1-8-20(9-2)12-41-29(39)19(7)34-16-40-14-30(13-31)25(43-28(38)18(5)6)24(42-27(37)17(3)4)23(44-30)21-10-11-22-26(32)33-15-35-36(21)22/h10-11,15,17-20,23-25,34H,8-9,12,14,16H2,1-7H3,(H2,32,33,35)/t19-,23-,24-,25-,30+/m0/s1. The molecule has 5 atom stereocenters. The maximum atomic E-state index is 12.9. The first-order chi connectivity index (χ1) is 20.9. The minimum atomic E-state index is -1.90. The summed E-state index contributed by atoms with van der Waals surface area (Å²) in [5.41, 5.74) is 4.98. The predicted octanol–water partition coefficient (Wildman–Crippen LogP) is 2.71. The van der Waals surface area contributed by atoms with Gasteiger partial charge >= 0.3 is 17.9 Å². The molecule has 3 rings (SSSR count). The van der Waals surface area contributed by atoms with Gasteiger partial charge in [0.15, 0.2) is 18.0 Å². The normalized spacial score (nSPS) is 22.3. The van der Waals surface area contributed by atoms with E-state index in [1.54, 1.807) is 46.8 Å². The highest BCUT2D eigenvalue weighted by molar-refractivity contribution is 5.75. The zero-order valence-electron chi connectivity index (χ0n) is 26.4. The summed E-state index contributed by atoms with van der Waals surface area (Å²) in [6.07, 6.45) is -0.646. The molecule has 44 heavy (non-hydrogen) atoms. The van der Waals surface area contributed by atoms with E-state index in [-0.39, 0.29) is 18.5 Å². The number of ether oxygens (including phenoxy) is 5. The molecule has 1 aliphatic rings. The van der Waals surface area contributed by atoms with Crippen molar-refractivity contribution in [2.75, 3.05) is 25.7 Å². The molecule has 1 aliphatic heterocycles. The van der Waals surface area contributed by atoms with Gasteiger partial charge in [0.2, 0.25) is 5.60 Å². The molecule has 0 unspecified atom stereocenters. The number of aromatic nitrogens is 3. The first kappa shape index (κ1) is 34.7. The minimum Gasteiger partial charge on any atom is -0.464 e. The first-order valence-electron chi connectivity index (χ1n) is 14.9. The summed E-state index contributed by atoms with van der Waals surface area (Å²) < 4.78 is 30.7. The molecule has 1 fully saturated rings. The molecule has 0 amide bonds. The van der Waals surface area contributed by atoms with Gasteiger partial charge in [0.25, 0.3) is 0 Å². The third-order valence-corrected chi connectivity index (χ3v) is 7.60. The van der Waals surface area contributed by atoms with Crippen LogP contribution in [-0.4, -0.2) is 76.3 Å². The molecule has 0 radical (unpaired) electrons. The molecule has 0 bridgehead atoms. The number of nitrogens with zero attached hydrogens (tertiary/aromatic N) is 4. The second-order valence-corrected chi connectivity index (χ2v) is 11.5. The zero-order chi connectivity index (χ0) is 32.6. The van der Waals surface area contributed by atoms with Gasteiger partial charge in [0, 0.05) is 0 Å². The lowest BCUT2D eigenvalue weighted by atomic mass is 9.95. The van der Waals surface area contributed by atoms with E-state index in [2.05, 4.69) is 21.5 Å². The van der Waals surface area contributed by atoms with Gasteiger partial charge < -0.3 is 29.4 Å². The molecule has 242 valence electrons. The number of nitrogens with one attached hydrogen (secondary N) is 1. The maximum Gasteiger partial charge on any atom is 0.322 e. The van der Waals surface area contributed by atoms with Gasteiger partial charge in [0.1, 0.15) is 30.1 Å². The fourth-order valence-corrected chi connectivity index (χ4v) is 4.58. The Morgan fingerprint density at radius 3 is 2.36 bits per heavy atom. The van der Waals surface area contributed by atoms with Crippen LogP contribution < -0.4 is 11.1 Å². The number of esters is 3. The van der Waals surface area contributed by atoms with Gasteiger partial charge in [0.05, 0.1) is 37.5 Å². The Morgan fingerprint density at radius 1 is 1.09 bits per heavy atom. The van der Waals surface area contributed by atoms with Crippen molar-refractivity contribution in [1.82, 2.24) is 19.9 Å². The summed E-state index contributed by atoms with van der Waals surface area (Å²) >= 11 is 0. The summed E-state index contributed by atoms with van der Waals surface area (Å²) in [5, 5.41) is 17.7. The van der Waals surface area contributed by atoms with Gasteiger partial charge in [-0.2, -0.15) is 10.4 Å². The highest BCUT2D eigenvalue weighted by Crippen LogP contribution is 2.44. The minimum absolute atomic E-state index is 0.155. The van der Waals surface area contributed by atoms with E-state index in [1.165, 1.54) is 10.8 Å². The monoisotopic (exact) mass is 616 g/mol. The number of rotatable bonds is 15. The molecule has 3 N–H and O–H groups in total. The molecule has 14 nitrogen and oxygen atoms in total. The van der Waals surface area contributed by atoms with Crippen molar-refractivity contribution in [3.8, 4) is 6.07 Å². The quantitative estimate of drug-likeness (QED) is 0.129. The number of hydrogen-bond donors (Lipinski definition) is 2. The van der Waals surface area contributed by atoms with Gasteiger partial charge in [-0.05, 0) is 25.0 Å². The van der Waals surface area contributed by atoms with Crippen LogP contribution in [0.15, 0.2) is 18.5 Å². The fourth-order valence-electron chi connectivity index (χ4n) is 4.58. The molecule has 0 spiro atoms. The van der Waals surface area contributed by atoms with Crippen LogP contribution in [0.4, 0.5) is 5.82 Å². The van der Waals surface area contributed by atoms with E-state index in [1.807, 2.05) is 13.8 Å². The van der Waals surface area contributed by atoms with E-state index in [9.17, 15) is 19.6 Å². The smallest absolute Gasteiger partial charge is 0.322 e. The number of nitrogens with two attached hydrogens (primary N) is 1. The third-order valence-electron chi connectivity index (χ3n) is 7.60. The van der Waals surface area contributed by atoms with Crippen molar-refractivity contribution >= 4 is 29.2 Å². The zero-order valence-corrected chi connectivity index (χ0v) is 26.4. The molecule has 2 aromatic heterocycles. The first-order valence-corrected chi connectivity index (χ1v) is 14.9.